The molecule has 152 valence electrons. The summed E-state index contributed by atoms with van der Waals surface area (Å²) in [6, 6.07) is 6.73. The molecule has 0 aliphatic carbocycles. The molecule has 1 fully saturated rings. The highest BCUT2D eigenvalue weighted by molar-refractivity contribution is 7.17. The fourth-order valence-corrected chi connectivity index (χ4v) is 4.06. The van der Waals surface area contributed by atoms with Gasteiger partial charge in [-0.2, -0.15) is 13.2 Å². The zero-order valence-electron chi connectivity index (χ0n) is 15.1. The molecule has 0 spiro atoms. The number of carbonyl (C=O) groups is 1. The summed E-state index contributed by atoms with van der Waals surface area (Å²) >= 11 is 6.56. The van der Waals surface area contributed by atoms with Gasteiger partial charge in [0.2, 0.25) is 0 Å². The van der Waals surface area contributed by atoms with Crippen LogP contribution in [0.2, 0.25) is 5.02 Å². The molecule has 2 aromatic rings. The highest BCUT2D eigenvalue weighted by Crippen LogP contribution is 2.38. The maximum atomic E-state index is 13.4. The minimum absolute atomic E-state index is 0.0333. The molecular formula is C18H19ClF3N3O2S. The van der Waals surface area contributed by atoms with Crippen molar-refractivity contribution in [3.05, 3.63) is 45.4 Å². The van der Waals surface area contributed by atoms with Gasteiger partial charge in [-0.1, -0.05) is 35.1 Å². The third-order valence-corrected chi connectivity index (χ3v) is 5.89. The van der Waals surface area contributed by atoms with Gasteiger partial charge in [0.25, 0.3) is 5.91 Å². The molecule has 0 unspecified atom stereocenters. The van der Waals surface area contributed by atoms with E-state index in [1.165, 1.54) is 0 Å². The van der Waals surface area contributed by atoms with E-state index in [0.717, 1.165) is 16.9 Å². The fourth-order valence-electron chi connectivity index (χ4n) is 2.90. The first-order valence-corrected chi connectivity index (χ1v) is 9.86. The van der Waals surface area contributed by atoms with Crippen molar-refractivity contribution in [3.8, 4) is 0 Å². The second kappa shape index (κ2) is 8.67. The summed E-state index contributed by atoms with van der Waals surface area (Å²) in [5, 5.41) is 3.25. The number of aromatic nitrogens is 1. The molecule has 3 rings (SSSR count). The van der Waals surface area contributed by atoms with Gasteiger partial charge in [-0.25, -0.2) is 4.98 Å². The van der Waals surface area contributed by atoms with Crippen molar-refractivity contribution < 1.29 is 22.7 Å². The van der Waals surface area contributed by atoms with Crippen LogP contribution in [0.15, 0.2) is 24.3 Å². The van der Waals surface area contributed by atoms with E-state index in [0.29, 0.717) is 31.1 Å². The molecule has 10 heteroatoms. The molecule has 0 saturated carbocycles. The monoisotopic (exact) mass is 433 g/mol. The quantitative estimate of drug-likeness (QED) is 0.761. The van der Waals surface area contributed by atoms with Crippen molar-refractivity contribution in [2.75, 3.05) is 25.2 Å². The van der Waals surface area contributed by atoms with E-state index in [4.69, 9.17) is 16.3 Å². The van der Waals surface area contributed by atoms with Crippen molar-refractivity contribution >= 4 is 34.0 Å². The zero-order valence-corrected chi connectivity index (χ0v) is 16.6. The van der Waals surface area contributed by atoms with Crippen LogP contribution >= 0.6 is 22.9 Å². The second-order valence-electron chi connectivity index (χ2n) is 6.44. The first kappa shape index (κ1) is 20.9. The molecule has 5 nitrogen and oxygen atoms in total. The third-order valence-electron chi connectivity index (χ3n) is 4.50. The SMILES string of the molecule is CN(c1nc(C(F)(F)F)c(C(=O)NCc2ccc(Cl)cc2)s1)C1CCOCC1. The number of halogens is 4. The Morgan fingerprint density at radius 2 is 1.96 bits per heavy atom. The number of hydrogen-bond acceptors (Lipinski definition) is 5. The molecule has 1 aliphatic heterocycles. The summed E-state index contributed by atoms with van der Waals surface area (Å²) in [6.45, 7) is 1.21. The normalized spacial score (nSPS) is 15.5. The van der Waals surface area contributed by atoms with Crippen LogP contribution in [0.3, 0.4) is 0 Å². The van der Waals surface area contributed by atoms with Gasteiger partial charge in [-0.15, -0.1) is 0 Å². The average Bonchev–Trinajstić information content (AvgIpc) is 3.13. The molecule has 1 saturated heterocycles. The topological polar surface area (TPSA) is 54.5 Å². The highest BCUT2D eigenvalue weighted by Gasteiger charge is 2.40. The Hall–Kier alpha value is -1.84. The Morgan fingerprint density at radius 3 is 2.57 bits per heavy atom. The number of benzene rings is 1. The third kappa shape index (κ3) is 4.95. The predicted octanol–water partition coefficient (Wildman–Crippen LogP) is 4.36. The number of nitrogens with zero attached hydrogens (tertiary/aromatic N) is 2. The van der Waals surface area contributed by atoms with Gasteiger partial charge in [0, 0.05) is 37.9 Å². The number of amides is 1. The smallest absolute Gasteiger partial charge is 0.381 e. The molecule has 1 N–H and O–H groups in total. The number of hydrogen-bond donors (Lipinski definition) is 1. The lowest BCUT2D eigenvalue weighted by Crippen LogP contribution is -2.36. The molecule has 1 aromatic carbocycles. The summed E-state index contributed by atoms with van der Waals surface area (Å²) in [6.07, 6.45) is -3.30. The number of anilines is 1. The van der Waals surface area contributed by atoms with E-state index in [1.54, 1.807) is 36.2 Å². The Balaban J connectivity index is 1.78. The molecule has 0 radical (unpaired) electrons. The van der Waals surface area contributed by atoms with Gasteiger partial charge in [0.05, 0.1) is 0 Å². The standard InChI is InChI=1S/C18H19ClF3N3O2S/c1-25(13-6-8-27-9-7-13)17-24-15(18(20,21)22)14(28-17)16(26)23-10-11-2-4-12(19)5-3-11/h2-5,13H,6-10H2,1H3,(H,23,26). The molecule has 1 aromatic heterocycles. The molecule has 1 amide bonds. The number of ether oxygens (including phenoxy) is 1. The Bertz CT molecular complexity index is 820. The summed E-state index contributed by atoms with van der Waals surface area (Å²) < 4.78 is 45.6. The van der Waals surface area contributed by atoms with Crippen LogP contribution in [0.25, 0.3) is 0 Å². The van der Waals surface area contributed by atoms with Gasteiger partial charge < -0.3 is 15.0 Å². The highest BCUT2D eigenvalue weighted by atomic mass is 35.5. The summed E-state index contributed by atoms with van der Waals surface area (Å²) in [4.78, 5) is 17.5. The van der Waals surface area contributed by atoms with Crippen molar-refractivity contribution in [1.82, 2.24) is 10.3 Å². The van der Waals surface area contributed by atoms with Gasteiger partial charge in [-0.05, 0) is 30.5 Å². The zero-order chi connectivity index (χ0) is 20.3. The second-order valence-corrected chi connectivity index (χ2v) is 7.85. The van der Waals surface area contributed by atoms with Crippen LogP contribution < -0.4 is 10.2 Å². The first-order chi connectivity index (χ1) is 13.3. The van der Waals surface area contributed by atoms with Crippen LogP contribution in [0.5, 0.6) is 0 Å². The lowest BCUT2D eigenvalue weighted by Gasteiger charge is -2.30. The Kier molecular flexibility index (Phi) is 6.47. The van der Waals surface area contributed by atoms with Crippen molar-refractivity contribution in [2.24, 2.45) is 0 Å². The van der Waals surface area contributed by atoms with Crippen LogP contribution in [0.4, 0.5) is 18.3 Å². The van der Waals surface area contributed by atoms with E-state index in [1.807, 2.05) is 0 Å². The minimum Gasteiger partial charge on any atom is -0.381 e. The van der Waals surface area contributed by atoms with Crippen molar-refractivity contribution in [1.29, 1.82) is 0 Å². The van der Waals surface area contributed by atoms with Gasteiger partial charge >= 0.3 is 6.18 Å². The van der Waals surface area contributed by atoms with E-state index in [-0.39, 0.29) is 17.7 Å². The van der Waals surface area contributed by atoms with Gasteiger partial charge in [0.15, 0.2) is 10.8 Å². The Morgan fingerprint density at radius 1 is 1.32 bits per heavy atom. The molecule has 0 bridgehead atoms. The first-order valence-electron chi connectivity index (χ1n) is 8.67. The number of rotatable bonds is 5. The van der Waals surface area contributed by atoms with Crippen molar-refractivity contribution in [2.45, 2.75) is 31.6 Å². The summed E-state index contributed by atoms with van der Waals surface area (Å²) in [7, 11) is 1.70. The Labute approximate surface area is 169 Å². The molecule has 2 heterocycles. The largest absolute Gasteiger partial charge is 0.435 e. The van der Waals surface area contributed by atoms with E-state index < -0.39 is 22.7 Å². The van der Waals surface area contributed by atoms with Crippen LogP contribution in [-0.4, -0.2) is 37.2 Å². The molecule has 1 aliphatic rings. The van der Waals surface area contributed by atoms with Gasteiger partial charge in [0.1, 0.15) is 4.88 Å². The maximum absolute atomic E-state index is 13.4. The van der Waals surface area contributed by atoms with Crippen LogP contribution in [0.1, 0.15) is 33.8 Å². The lowest BCUT2D eigenvalue weighted by atomic mass is 10.1. The maximum Gasteiger partial charge on any atom is 0.435 e. The summed E-state index contributed by atoms with van der Waals surface area (Å²) in [5.41, 5.74) is -0.421. The lowest BCUT2D eigenvalue weighted by molar-refractivity contribution is -0.141. The van der Waals surface area contributed by atoms with Crippen LogP contribution in [0, 0.1) is 0 Å². The van der Waals surface area contributed by atoms with Crippen molar-refractivity contribution in [3.63, 3.8) is 0 Å². The fraction of sp³-hybridized carbons (Fsp3) is 0.444. The number of thiazole rings is 1. The van der Waals surface area contributed by atoms with E-state index >= 15 is 0 Å². The predicted molar refractivity (Wildman–Crippen MR) is 102 cm³/mol. The number of carbonyl (C=O) groups excluding carboxylic acids is 1. The molecule has 28 heavy (non-hydrogen) atoms. The van der Waals surface area contributed by atoms with Crippen LogP contribution in [-0.2, 0) is 17.5 Å². The average molecular weight is 434 g/mol. The minimum atomic E-state index is -4.71. The van der Waals surface area contributed by atoms with E-state index in [2.05, 4.69) is 10.3 Å². The molecular weight excluding hydrogens is 415 g/mol. The molecule has 0 atom stereocenters. The number of nitrogens with one attached hydrogen (secondary N) is 1. The van der Waals surface area contributed by atoms with Gasteiger partial charge in [-0.3, -0.25) is 4.79 Å². The number of alkyl halides is 3. The van der Waals surface area contributed by atoms with E-state index in [9.17, 15) is 18.0 Å². The summed E-state index contributed by atoms with van der Waals surface area (Å²) in [5.74, 6) is -0.800.